The highest BCUT2D eigenvalue weighted by atomic mass is 32.2. The Balaban J connectivity index is 2.71. The first-order valence-corrected chi connectivity index (χ1v) is 7.36. The van der Waals surface area contributed by atoms with Gasteiger partial charge in [0.1, 0.15) is 12.4 Å². The van der Waals surface area contributed by atoms with E-state index >= 15 is 0 Å². The summed E-state index contributed by atoms with van der Waals surface area (Å²) >= 11 is 0. The largest absolute Gasteiger partial charge is 0.492 e. The summed E-state index contributed by atoms with van der Waals surface area (Å²) in [6.45, 7) is 5.17. The van der Waals surface area contributed by atoms with Crippen molar-refractivity contribution in [3.05, 3.63) is 24.3 Å². The number of hydrogen-bond donors (Lipinski definition) is 2. The number of rotatable bonds is 7. The molecule has 0 unspecified atom stereocenters. The van der Waals surface area contributed by atoms with Gasteiger partial charge in [0.25, 0.3) is 0 Å². The molecule has 0 aliphatic heterocycles. The lowest BCUT2D eigenvalue weighted by Gasteiger charge is -2.09. The van der Waals surface area contributed by atoms with Crippen LogP contribution in [0, 0.1) is 5.92 Å². The zero-order chi connectivity index (χ0) is 13.6. The molecule has 0 amide bonds. The van der Waals surface area contributed by atoms with E-state index in [1.807, 2.05) is 13.8 Å². The molecule has 3 N–H and O–H groups in total. The summed E-state index contributed by atoms with van der Waals surface area (Å²) in [5.41, 5.74) is 5.31. The highest BCUT2D eigenvalue weighted by Gasteiger charge is 2.13. The second-order valence-corrected chi connectivity index (χ2v) is 6.12. The lowest BCUT2D eigenvalue weighted by molar-refractivity contribution is 0.328. The van der Waals surface area contributed by atoms with Crippen LogP contribution < -0.4 is 15.2 Å². The molecule has 0 bridgehead atoms. The van der Waals surface area contributed by atoms with Crippen LogP contribution in [0.4, 0.5) is 0 Å². The van der Waals surface area contributed by atoms with Gasteiger partial charge in [-0.25, -0.2) is 13.1 Å². The normalized spacial score (nSPS) is 11.8. The topological polar surface area (TPSA) is 81.4 Å². The third-order valence-corrected chi connectivity index (χ3v) is 3.64. The SMILES string of the molecule is CC(C)CNS(=O)(=O)c1ccc(OCCN)cc1. The van der Waals surface area contributed by atoms with Gasteiger partial charge in [0.15, 0.2) is 0 Å². The zero-order valence-electron chi connectivity index (χ0n) is 10.7. The maximum Gasteiger partial charge on any atom is 0.240 e. The molecule has 0 saturated carbocycles. The van der Waals surface area contributed by atoms with E-state index in [-0.39, 0.29) is 10.8 Å². The van der Waals surface area contributed by atoms with Gasteiger partial charge in [-0.1, -0.05) is 13.8 Å². The van der Waals surface area contributed by atoms with E-state index in [1.54, 1.807) is 12.1 Å². The molecule has 0 aliphatic rings. The third kappa shape index (κ3) is 4.64. The van der Waals surface area contributed by atoms with E-state index in [1.165, 1.54) is 12.1 Å². The molecule has 1 rings (SSSR count). The van der Waals surface area contributed by atoms with Crippen molar-refractivity contribution in [3.63, 3.8) is 0 Å². The molecule has 0 saturated heterocycles. The second-order valence-electron chi connectivity index (χ2n) is 4.35. The second kappa shape index (κ2) is 6.72. The number of ether oxygens (including phenoxy) is 1. The molecule has 5 nitrogen and oxygen atoms in total. The summed E-state index contributed by atoms with van der Waals surface area (Å²) in [6, 6.07) is 6.29. The number of nitrogens with one attached hydrogen (secondary N) is 1. The van der Waals surface area contributed by atoms with Gasteiger partial charge in [-0.15, -0.1) is 0 Å². The minimum Gasteiger partial charge on any atom is -0.492 e. The van der Waals surface area contributed by atoms with Gasteiger partial charge in [0.2, 0.25) is 10.0 Å². The summed E-state index contributed by atoms with van der Waals surface area (Å²) in [4.78, 5) is 0.239. The molecular weight excluding hydrogens is 252 g/mol. The summed E-state index contributed by atoms with van der Waals surface area (Å²) in [5.74, 6) is 0.884. The fraction of sp³-hybridized carbons (Fsp3) is 0.500. The first-order chi connectivity index (χ1) is 8.45. The van der Waals surface area contributed by atoms with Crippen molar-refractivity contribution in [1.29, 1.82) is 0 Å². The average molecular weight is 272 g/mol. The van der Waals surface area contributed by atoms with Gasteiger partial charge in [-0.2, -0.15) is 0 Å². The van der Waals surface area contributed by atoms with Crippen molar-refractivity contribution in [2.45, 2.75) is 18.7 Å². The van der Waals surface area contributed by atoms with E-state index in [0.717, 1.165) is 0 Å². The number of hydrogen-bond acceptors (Lipinski definition) is 4. The highest BCUT2D eigenvalue weighted by molar-refractivity contribution is 7.89. The summed E-state index contributed by atoms with van der Waals surface area (Å²) < 4.78 is 31.6. The van der Waals surface area contributed by atoms with Crippen molar-refractivity contribution in [2.24, 2.45) is 11.7 Å². The van der Waals surface area contributed by atoms with E-state index in [0.29, 0.717) is 25.4 Å². The first kappa shape index (κ1) is 14.9. The maximum absolute atomic E-state index is 11.9. The van der Waals surface area contributed by atoms with Crippen molar-refractivity contribution < 1.29 is 13.2 Å². The average Bonchev–Trinajstić information content (AvgIpc) is 2.34. The Morgan fingerprint density at radius 2 is 1.89 bits per heavy atom. The minimum atomic E-state index is -3.42. The summed E-state index contributed by atoms with van der Waals surface area (Å²) in [5, 5.41) is 0. The Bertz CT molecular complexity index is 455. The lowest BCUT2D eigenvalue weighted by atomic mass is 10.2. The van der Waals surface area contributed by atoms with Gasteiger partial charge < -0.3 is 10.5 Å². The number of sulfonamides is 1. The molecule has 0 aliphatic carbocycles. The third-order valence-electron chi connectivity index (χ3n) is 2.20. The lowest BCUT2D eigenvalue weighted by Crippen LogP contribution is -2.27. The first-order valence-electron chi connectivity index (χ1n) is 5.88. The van der Waals surface area contributed by atoms with Crippen LogP contribution in [0.2, 0.25) is 0 Å². The predicted octanol–water partition coefficient (Wildman–Crippen LogP) is 0.958. The quantitative estimate of drug-likeness (QED) is 0.774. The van der Waals surface area contributed by atoms with Crippen LogP contribution in [0.25, 0.3) is 0 Å². The number of benzene rings is 1. The Morgan fingerprint density at radius 1 is 1.28 bits per heavy atom. The van der Waals surface area contributed by atoms with Crippen molar-refractivity contribution in [2.75, 3.05) is 19.7 Å². The minimum absolute atomic E-state index is 0.239. The van der Waals surface area contributed by atoms with E-state index in [4.69, 9.17) is 10.5 Å². The Kier molecular flexibility index (Phi) is 5.58. The van der Waals surface area contributed by atoms with Gasteiger partial charge in [-0.05, 0) is 30.2 Å². The predicted molar refractivity (Wildman–Crippen MR) is 71.0 cm³/mol. The molecular formula is C12H20N2O3S. The molecule has 0 heterocycles. The maximum atomic E-state index is 11.9. The van der Waals surface area contributed by atoms with E-state index in [9.17, 15) is 8.42 Å². The zero-order valence-corrected chi connectivity index (χ0v) is 11.5. The van der Waals surface area contributed by atoms with E-state index in [2.05, 4.69) is 4.72 Å². The molecule has 102 valence electrons. The van der Waals surface area contributed by atoms with Crippen molar-refractivity contribution >= 4 is 10.0 Å². The highest BCUT2D eigenvalue weighted by Crippen LogP contribution is 2.15. The number of nitrogens with two attached hydrogens (primary N) is 1. The summed E-state index contributed by atoms with van der Waals surface area (Å²) in [7, 11) is -3.42. The van der Waals surface area contributed by atoms with Crippen LogP contribution >= 0.6 is 0 Å². The molecule has 0 fully saturated rings. The van der Waals surface area contributed by atoms with Crippen LogP contribution in [0.15, 0.2) is 29.2 Å². The monoisotopic (exact) mass is 272 g/mol. The Hall–Kier alpha value is -1.11. The van der Waals surface area contributed by atoms with Gasteiger partial charge in [-0.3, -0.25) is 0 Å². The fourth-order valence-corrected chi connectivity index (χ4v) is 2.47. The van der Waals surface area contributed by atoms with Crippen LogP contribution in [0.1, 0.15) is 13.8 Å². The van der Waals surface area contributed by atoms with Gasteiger partial charge in [0.05, 0.1) is 4.90 Å². The van der Waals surface area contributed by atoms with Gasteiger partial charge >= 0.3 is 0 Å². The van der Waals surface area contributed by atoms with E-state index < -0.39 is 10.0 Å². The molecule has 0 atom stereocenters. The molecule has 1 aromatic rings. The molecule has 0 aromatic heterocycles. The molecule has 0 radical (unpaired) electrons. The fourth-order valence-electron chi connectivity index (χ4n) is 1.25. The van der Waals surface area contributed by atoms with Gasteiger partial charge in [0, 0.05) is 13.1 Å². The molecule has 1 aromatic carbocycles. The Labute approximate surface area is 108 Å². The smallest absolute Gasteiger partial charge is 0.240 e. The molecule has 0 spiro atoms. The van der Waals surface area contributed by atoms with Crippen LogP contribution in [-0.2, 0) is 10.0 Å². The molecule has 6 heteroatoms. The van der Waals surface area contributed by atoms with Crippen LogP contribution in [0.5, 0.6) is 5.75 Å². The molecule has 18 heavy (non-hydrogen) atoms. The van der Waals surface area contributed by atoms with Crippen molar-refractivity contribution in [1.82, 2.24) is 4.72 Å². The van der Waals surface area contributed by atoms with Crippen molar-refractivity contribution in [3.8, 4) is 5.75 Å². The van der Waals surface area contributed by atoms with Crippen LogP contribution in [-0.4, -0.2) is 28.1 Å². The summed E-state index contributed by atoms with van der Waals surface area (Å²) in [6.07, 6.45) is 0. The van der Waals surface area contributed by atoms with Crippen LogP contribution in [0.3, 0.4) is 0 Å². The standard InChI is InChI=1S/C12H20N2O3S/c1-10(2)9-14-18(15,16)12-5-3-11(4-6-12)17-8-7-13/h3-6,10,14H,7-9,13H2,1-2H3. The Morgan fingerprint density at radius 3 is 2.39 bits per heavy atom.